The van der Waals surface area contributed by atoms with E-state index in [0.717, 1.165) is 10.6 Å². The molecule has 0 aliphatic carbocycles. The number of rotatable bonds is 4. The van der Waals surface area contributed by atoms with Crippen molar-refractivity contribution >= 4 is 11.8 Å². The summed E-state index contributed by atoms with van der Waals surface area (Å²) >= 11 is 1.50. The maximum Gasteiger partial charge on any atom is 0.0960 e. The molecule has 0 aromatic carbocycles. The molecule has 0 aliphatic rings. The third kappa shape index (κ3) is 2.81. The van der Waals surface area contributed by atoms with E-state index in [4.69, 9.17) is 10.2 Å². The summed E-state index contributed by atoms with van der Waals surface area (Å²) in [7, 11) is 0. The van der Waals surface area contributed by atoms with Crippen molar-refractivity contribution in [2.24, 2.45) is 0 Å². The van der Waals surface area contributed by atoms with Crippen molar-refractivity contribution in [2.45, 2.75) is 11.6 Å². The molecule has 66 valence electrons. The third-order valence-corrected chi connectivity index (χ3v) is 2.25. The molecular formula is C8H11NO2S. The minimum absolute atomic E-state index is 0.0257. The number of hydrogen-bond donors (Lipinski definition) is 2. The normalized spacial score (nSPS) is 10.2. The van der Waals surface area contributed by atoms with Gasteiger partial charge in [0, 0.05) is 11.9 Å². The van der Waals surface area contributed by atoms with Crippen LogP contribution in [0, 0.1) is 0 Å². The first-order valence-electron chi connectivity index (χ1n) is 3.66. The zero-order valence-corrected chi connectivity index (χ0v) is 7.42. The number of aromatic nitrogens is 1. The molecule has 1 aromatic rings. The first kappa shape index (κ1) is 9.51. The highest BCUT2D eigenvalue weighted by Crippen LogP contribution is 2.14. The Morgan fingerprint density at radius 2 is 2.17 bits per heavy atom. The molecule has 0 bridgehead atoms. The Balaban J connectivity index is 2.53. The molecule has 0 fully saturated rings. The van der Waals surface area contributed by atoms with Gasteiger partial charge in [-0.3, -0.25) is 0 Å². The molecule has 0 aliphatic heterocycles. The van der Waals surface area contributed by atoms with E-state index in [1.54, 1.807) is 6.20 Å². The number of aliphatic hydroxyl groups is 2. The van der Waals surface area contributed by atoms with Crippen LogP contribution in [-0.4, -0.2) is 27.6 Å². The SMILES string of the molecule is OCCSc1ccc(CO)cn1. The van der Waals surface area contributed by atoms with E-state index in [9.17, 15) is 0 Å². The Kier molecular flexibility index (Phi) is 4.07. The maximum absolute atomic E-state index is 8.72. The second-order valence-corrected chi connectivity index (χ2v) is 3.35. The highest BCUT2D eigenvalue weighted by Gasteiger charge is 1.94. The molecule has 0 atom stereocenters. The molecule has 0 radical (unpaired) electrons. The van der Waals surface area contributed by atoms with Crippen LogP contribution in [0.1, 0.15) is 5.56 Å². The lowest BCUT2D eigenvalue weighted by molar-refractivity contribution is 0.281. The maximum atomic E-state index is 8.72. The van der Waals surface area contributed by atoms with Crippen LogP contribution >= 0.6 is 11.8 Å². The average molecular weight is 185 g/mol. The molecule has 1 rings (SSSR count). The van der Waals surface area contributed by atoms with Crippen molar-refractivity contribution < 1.29 is 10.2 Å². The molecule has 0 unspecified atom stereocenters. The second kappa shape index (κ2) is 5.13. The molecule has 0 saturated carbocycles. The fourth-order valence-electron chi connectivity index (χ4n) is 0.740. The predicted molar refractivity (Wildman–Crippen MR) is 48.0 cm³/mol. The molecule has 12 heavy (non-hydrogen) atoms. The van der Waals surface area contributed by atoms with E-state index < -0.39 is 0 Å². The Hall–Kier alpha value is -0.580. The molecule has 1 heterocycles. The highest BCUT2D eigenvalue weighted by atomic mass is 32.2. The van der Waals surface area contributed by atoms with Crippen LogP contribution in [-0.2, 0) is 6.61 Å². The van der Waals surface area contributed by atoms with E-state index in [1.807, 2.05) is 12.1 Å². The molecular weight excluding hydrogens is 174 g/mol. The van der Waals surface area contributed by atoms with E-state index in [2.05, 4.69) is 4.98 Å². The minimum atomic E-state index is 0.0257. The summed E-state index contributed by atoms with van der Waals surface area (Å²) in [6.45, 7) is 0.187. The number of thioether (sulfide) groups is 1. The van der Waals surface area contributed by atoms with E-state index in [0.29, 0.717) is 5.75 Å². The number of hydrogen-bond acceptors (Lipinski definition) is 4. The van der Waals surface area contributed by atoms with Crippen LogP contribution in [0.5, 0.6) is 0 Å². The van der Waals surface area contributed by atoms with Gasteiger partial charge < -0.3 is 10.2 Å². The summed E-state index contributed by atoms with van der Waals surface area (Å²) in [6.07, 6.45) is 1.64. The monoisotopic (exact) mass is 185 g/mol. The Bertz CT molecular complexity index is 225. The van der Waals surface area contributed by atoms with Gasteiger partial charge >= 0.3 is 0 Å². The third-order valence-electron chi connectivity index (χ3n) is 1.32. The quantitative estimate of drug-likeness (QED) is 0.676. The molecule has 3 nitrogen and oxygen atoms in total. The lowest BCUT2D eigenvalue weighted by Gasteiger charge is -1.98. The molecule has 4 heteroatoms. The summed E-state index contributed by atoms with van der Waals surface area (Å²) in [5.41, 5.74) is 0.809. The topological polar surface area (TPSA) is 53.4 Å². The summed E-state index contributed by atoms with van der Waals surface area (Å²) < 4.78 is 0. The number of aliphatic hydroxyl groups excluding tert-OH is 2. The van der Waals surface area contributed by atoms with E-state index in [-0.39, 0.29) is 13.2 Å². The largest absolute Gasteiger partial charge is 0.396 e. The van der Waals surface area contributed by atoms with Crippen molar-refractivity contribution in [2.75, 3.05) is 12.4 Å². The molecule has 0 saturated heterocycles. The standard InChI is InChI=1S/C8H11NO2S/c10-3-4-12-8-2-1-7(6-11)5-9-8/h1-2,5,10-11H,3-4,6H2. The van der Waals surface area contributed by atoms with Gasteiger partial charge in [-0.2, -0.15) is 0 Å². The van der Waals surface area contributed by atoms with Gasteiger partial charge in [-0.25, -0.2) is 4.98 Å². The summed E-state index contributed by atoms with van der Waals surface area (Å²) in [6, 6.07) is 3.67. The van der Waals surface area contributed by atoms with Crippen LogP contribution in [0.4, 0.5) is 0 Å². The van der Waals surface area contributed by atoms with E-state index in [1.165, 1.54) is 11.8 Å². The average Bonchev–Trinajstić information content (AvgIpc) is 2.15. The Labute approximate surface area is 75.5 Å². The fourth-order valence-corrected chi connectivity index (χ4v) is 1.33. The van der Waals surface area contributed by atoms with Crippen molar-refractivity contribution in [3.63, 3.8) is 0 Å². The molecule has 0 amide bonds. The van der Waals surface area contributed by atoms with Crippen LogP contribution in [0.3, 0.4) is 0 Å². The van der Waals surface area contributed by atoms with Gasteiger partial charge in [0.05, 0.1) is 18.2 Å². The van der Waals surface area contributed by atoms with Crippen molar-refractivity contribution in [1.82, 2.24) is 4.98 Å². The zero-order chi connectivity index (χ0) is 8.81. The molecule has 0 spiro atoms. The lowest BCUT2D eigenvalue weighted by Crippen LogP contribution is -1.89. The van der Waals surface area contributed by atoms with Crippen molar-refractivity contribution in [3.8, 4) is 0 Å². The van der Waals surface area contributed by atoms with Gasteiger partial charge in [0.2, 0.25) is 0 Å². The second-order valence-electron chi connectivity index (χ2n) is 2.23. The number of nitrogens with zero attached hydrogens (tertiary/aromatic N) is 1. The van der Waals surface area contributed by atoms with Crippen LogP contribution in [0.15, 0.2) is 23.4 Å². The van der Waals surface area contributed by atoms with Crippen LogP contribution in [0.2, 0.25) is 0 Å². The lowest BCUT2D eigenvalue weighted by atomic mass is 10.3. The van der Waals surface area contributed by atoms with Gasteiger partial charge in [-0.05, 0) is 11.6 Å². The summed E-state index contributed by atoms with van der Waals surface area (Å²) in [5, 5.41) is 18.1. The van der Waals surface area contributed by atoms with Crippen LogP contribution in [0.25, 0.3) is 0 Å². The predicted octanol–water partition coefficient (Wildman–Crippen LogP) is 0.658. The smallest absolute Gasteiger partial charge is 0.0960 e. The van der Waals surface area contributed by atoms with Gasteiger partial charge in [0.25, 0.3) is 0 Å². The van der Waals surface area contributed by atoms with Gasteiger partial charge in [-0.1, -0.05) is 6.07 Å². The summed E-state index contributed by atoms with van der Waals surface area (Å²) in [4.78, 5) is 4.08. The fraction of sp³-hybridized carbons (Fsp3) is 0.375. The molecule has 2 N–H and O–H groups in total. The van der Waals surface area contributed by atoms with Gasteiger partial charge in [-0.15, -0.1) is 11.8 Å². The van der Waals surface area contributed by atoms with Gasteiger partial charge in [0.15, 0.2) is 0 Å². The molecule has 1 aromatic heterocycles. The minimum Gasteiger partial charge on any atom is -0.396 e. The Morgan fingerprint density at radius 3 is 2.67 bits per heavy atom. The highest BCUT2D eigenvalue weighted by molar-refractivity contribution is 7.99. The zero-order valence-electron chi connectivity index (χ0n) is 6.60. The van der Waals surface area contributed by atoms with Crippen molar-refractivity contribution in [1.29, 1.82) is 0 Å². The summed E-state index contributed by atoms with van der Waals surface area (Å²) in [5.74, 6) is 0.658. The van der Waals surface area contributed by atoms with Gasteiger partial charge in [0.1, 0.15) is 0 Å². The Morgan fingerprint density at radius 1 is 1.33 bits per heavy atom. The first-order valence-corrected chi connectivity index (χ1v) is 4.65. The van der Waals surface area contributed by atoms with Crippen LogP contribution < -0.4 is 0 Å². The number of pyridine rings is 1. The first-order chi connectivity index (χ1) is 5.86. The van der Waals surface area contributed by atoms with Crippen molar-refractivity contribution in [3.05, 3.63) is 23.9 Å². The van der Waals surface area contributed by atoms with E-state index >= 15 is 0 Å².